The van der Waals surface area contributed by atoms with Crippen molar-refractivity contribution < 1.29 is 23.9 Å². The summed E-state index contributed by atoms with van der Waals surface area (Å²) in [7, 11) is 0. The molecule has 4 aliphatic carbocycles. The summed E-state index contributed by atoms with van der Waals surface area (Å²) in [6, 6.07) is 19.8. The average molecular weight is 775 g/mol. The summed E-state index contributed by atoms with van der Waals surface area (Å²) >= 11 is 12.4. The topological polar surface area (TPSA) is 129 Å². The lowest BCUT2D eigenvalue weighted by atomic mass is 9.49. The third kappa shape index (κ3) is 8.88. The Morgan fingerprint density at radius 1 is 0.889 bits per heavy atom. The van der Waals surface area contributed by atoms with Crippen LogP contribution in [0.3, 0.4) is 0 Å². The molecule has 54 heavy (non-hydrogen) atoms. The van der Waals surface area contributed by atoms with Gasteiger partial charge in [-0.25, -0.2) is 4.98 Å². The number of carbonyl (C=O) groups excluding carboxylic acids is 3. The van der Waals surface area contributed by atoms with Crippen LogP contribution in [0.2, 0.25) is 10.0 Å². The molecule has 1 unspecified atom stereocenters. The lowest BCUT2D eigenvalue weighted by Crippen LogP contribution is -2.47. The van der Waals surface area contributed by atoms with Gasteiger partial charge in [0, 0.05) is 50.7 Å². The zero-order valence-electron chi connectivity index (χ0n) is 31.0. The fraction of sp³-hybridized carbons (Fsp3) is 0.476. The van der Waals surface area contributed by atoms with E-state index in [1.165, 1.54) is 52.4 Å². The molecule has 0 radical (unpaired) electrons. The molecule has 4 aliphatic rings. The predicted octanol–water partition coefficient (Wildman–Crippen LogP) is 7.87. The first-order chi connectivity index (χ1) is 25.9. The zero-order chi connectivity index (χ0) is 38.0. The monoisotopic (exact) mass is 773 g/mol. The van der Waals surface area contributed by atoms with Gasteiger partial charge in [0.25, 0.3) is 0 Å². The number of anilines is 1. The number of esters is 2. The molecule has 0 saturated heterocycles. The molecule has 0 spiro atoms. The number of hydrogen-bond donors (Lipinski definition) is 2. The lowest BCUT2D eigenvalue weighted by Gasteiger charge is -2.57. The summed E-state index contributed by atoms with van der Waals surface area (Å²) in [4.78, 5) is 42.6. The molecule has 286 valence electrons. The number of fused-ring (bicyclic) bond motifs is 1. The van der Waals surface area contributed by atoms with Crippen LogP contribution >= 0.6 is 23.2 Å². The van der Waals surface area contributed by atoms with Crippen LogP contribution in [0.5, 0.6) is 0 Å². The largest absolute Gasteiger partial charge is 0.464 e. The third-order valence-electron chi connectivity index (χ3n) is 11.6. The van der Waals surface area contributed by atoms with Gasteiger partial charge in [0.1, 0.15) is 19.0 Å². The first kappa shape index (κ1) is 38.2. The molecule has 12 heteroatoms. The Balaban J connectivity index is 1.21. The van der Waals surface area contributed by atoms with Crippen LogP contribution in [0, 0.1) is 23.2 Å². The average Bonchev–Trinajstić information content (AvgIpc) is 3.46. The van der Waals surface area contributed by atoms with Gasteiger partial charge < -0.3 is 30.0 Å². The summed E-state index contributed by atoms with van der Waals surface area (Å²) < 4.78 is 12.9. The quantitative estimate of drug-likeness (QED) is 0.110. The Labute approximate surface area is 326 Å². The standard InChI is InChI=1S/C42H49Cl2N5O5/c1-26(50)53-13-11-48(12-14-54-27(2)51)34-7-4-32(5-8-34)41-47-38-19-33(37(20-40(45)52)46-24-28-3-9-35(43)36(44)18-28)6-10-39(38)49(41)25-42-21-29-15-30(22-42)17-31(16-29)23-42/h3-10,18-19,29-31,37,46H,11-17,20-25H2,1-2H3,(H2,45,52). The van der Waals surface area contributed by atoms with Gasteiger partial charge in [-0.1, -0.05) is 35.3 Å². The maximum absolute atomic E-state index is 12.3. The number of rotatable bonds is 16. The molecule has 3 aromatic carbocycles. The Kier molecular flexibility index (Phi) is 11.5. The Morgan fingerprint density at radius 2 is 1.52 bits per heavy atom. The predicted molar refractivity (Wildman–Crippen MR) is 211 cm³/mol. The second-order valence-corrected chi connectivity index (χ2v) is 16.6. The van der Waals surface area contributed by atoms with Crippen LogP contribution in [0.1, 0.15) is 76.0 Å². The minimum absolute atomic E-state index is 0.126. The normalized spacial score (nSPS) is 22.0. The molecule has 4 saturated carbocycles. The maximum Gasteiger partial charge on any atom is 0.302 e. The highest BCUT2D eigenvalue weighted by Crippen LogP contribution is 2.61. The van der Waals surface area contributed by atoms with E-state index >= 15 is 0 Å². The summed E-state index contributed by atoms with van der Waals surface area (Å²) in [6.07, 6.45) is 8.08. The second-order valence-electron chi connectivity index (χ2n) is 15.8. The minimum Gasteiger partial charge on any atom is -0.464 e. The molecular weight excluding hydrogens is 725 g/mol. The van der Waals surface area contributed by atoms with E-state index in [1.807, 2.05) is 29.2 Å². The number of amides is 1. The highest BCUT2D eigenvalue weighted by Gasteiger charge is 2.51. The van der Waals surface area contributed by atoms with Crippen LogP contribution < -0.4 is 16.0 Å². The van der Waals surface area contributed by atoms with E-state index < -0.39 is 5.91 Å². The van der Waals surface area contributed by atoms with E-state index in [1.54, 1.807) is 6.07 Å². The van der Waals surface area contributed by atoms with Crippen molar-refractivity contribution in [1.82, 2.24) is 14.9 Å². The van der Waals surface area contributed by atoms with E-state index in [2.05, 4.69) is 40.2 Å². The van der Waals surface area contributed by atoms with Gasteiger partial charge in [0.05, 0.1) is 34.2 Å². The SMILES string of the molecule is CC(=O)OCCN(CCOC(C)=O)c1ccc(-c2nc3cc(C(CC(N)=O)NCc4ccc(Cl)c(Cl)c4)ccc3n2CC23CC4CC(CC(C4)C2)C3)cc1. The first-order valence-electron chi connectivity index (χ1n) is 19.0. The first-order valence-corrected chi connectivity index (χ1v) is 19.8. The fourth-order valence-electron chi connectivity index (χ4n) is 9.75. The van der Waals surface area contributed by atoms with Crippen molar-refractivity contribution in [2.45, 2.75) is 77.9 Å². The molecule has 1 aromatic heterocycles. The molecule has 0 aliphatic heterocycles. The van der Waals surface area contributed by atoms with Crippen molar-refractivity contribution in [3.8, 4) is 11.4 Å². The number of nitrogens with two attached hydrogens (primary N) is 1. The number of hydrogen-bond acceptors (Lipinski definition) is 8. The molecule has 4 fully saturated rings. The smallest absolute Gasteiger partial charge is 0.302 e. The number of nitrogens with zero attached hydrogens (tertiary/aromatic N) is 3. The molecule has 4 bridgehead atoms. The summed E-state index contributed by atoms with van der Waals surface area (Å²) in [5.41, 5.74) is 11.7. The van der Waals surface area contributed by atoms with Gasteiger partial charge in [-0.05, 0) is 121 Å². The van der Waals surface area contributed by atoms with E-state index in [0.717, 1.165) is 63.5 Å². The Morgan fingerprint density at radius 3 is 2.09 bits per heavy atom. The summed E-state index contributed by atoms with van der Waals surface area (Å²) in [6.45, 7) is 5.53. The number of primary amides is 1. The van der Waals surface area contributed by atoms with Crippen LogP contribution in [0.4, 0.5) is 5.69 Å². The summed E-state index contributed by atoms with van der Waals surface area (Å²) in [5.74, 6) is 2.30. The van der Waals surface area contributed by atoms with E-state index in [4.69, 9.17) is 43.4 Å². The number of carbonyl (C=O) groups is 3. The van der Waals surface area contributed by atoms with E-state index in [0.29, 0.717) is 29.7 Å². The molecular formula is C42H49Cl2N5O5. The van der Waals surface area contributed by atoms with Crippen LogP contribution in [0.25, 0.3) is 22.4 Å². The van der Waals surface area contributed by atoms with Crippen molar-refractivity contribution in [2.75, 3.05) is 31.2 Å². The molecule has 10 nitrogen and oxygen atoms in total. The van der Waals surface area contributed by atoms with Crippen LogP contribution in [-0.2, 0) is 36.9 Å². The number of imidazole rings is 1. The maximum atomic E-state index is 12.3. The van der Waals surface area contributed by atoms with Gasteiger partial charge in [-0.3, -0.25) is 14.4 Å². The van der Waals surface area contributed by atoms with E-state index in [9.17, 15) is 14.4 Å². The number of nitrogens with one attached hydrogen (secondary N) is 1. The Bertz CT molecular complexity index is 1960. The zero-order valence-corrected chi connectivity index (χ0v) is 32.5. The van der Waals surface area contributed by atoms with Crippen molar-refractivity contribution in [3.63, 3.8) is 0 Å². The van der Waals surface area contributed by atoms with Crippen molar-refractivity contribution in [2.24, 2.45) is 28.9 Å². The van der Waals surface area contributed by atoms with E-state index in [-0.39, 0.29) is 43.0 Å². The number of benzene rings is 3. The number of halogens is 2. The summed E-state index contributed by atoms with van der Waals surface area (Å²) in [5, 5.41) is 4.48. The lowest BCUT2D eigenvalue weighted by molar-refractivity contribution is -0.141. The molecule has 1 amide bonds. The Hall–Kier alpha value is -4.12. The highest BCUT2D eigenvalue weighted by atomic mass is 35.5. The van der Waals surface area contributed by atoms with Crippen molar-refractivity contribution >= 4 is 57.8 Å². The highest BCUT2D eigenvalue weighted by molar-refractivity contribution is 6.42. The van der Waals surface area contributed by atoms with Crippen molar-refractivity contribution in [3.05, 3.63) is 81.8 Å². The van der Waals surface area contributed by atoms with Gasteiger partial charge in [0.2, 0.25) is 5.91 Å². The molecule has 3 N–H and O–H groups in total. The van der Waals surface area contributed by atoms with Crippen LogP contribution in [-0.4, -0.2) is 53.7 Å². The van der Waals surface area contributed by atoms with Crippen molar-refractivity contribution in [1.29, 1.82) is 0 Å². The molecule has 1 heterocycles. The van der Waals surface area contributed by atoms with Crippen LogP contribution in [0.15, 0.2) is 60.7 Å². The third-order valence-corrected chi connectivity index (χ3v) is 12.3. The van der Waals surface area contributed by atoms with Gasteiger partial charge in [-0.2, -0.15) is 0 Å². The second kappa shape index (κ2) is 16.3. The van der Waals surface area contributed by atoms with Gasteiger partial charge >= 0.3 is 11.9 Å². The fourth-order valence-corrected chi connectivity index (χ4v) is 10.1. The molecule has 4 aromatic rings. The van der Waals surface area contributed by atoms with Gasteiger partial charge in [-0.15, -0.1) is 0 Å². The molecule has 8 rings (SSSR count). The minimum atomic E-state index is -0.399. The molecule has 1 atom stereocenters. The number of ether oxygens (including phenoxy) is 2. The van der Waals surface area contributed by atoms with Gasteiger partial charge in [0.15, 0.2) is 0 Å². The number of aromatic nitrogens is 2.